The number of hydrogen-bond acceptors (Lipinski definition) is 3. The van der Waals surface area contributed by atoms with Crippen molar-refractivity contribution < 1.29 is 23.4 Å². The first-order chi connectivity index (χ1) is 7.71. The molecule has 1 aromatic rings. The van der Waals surface area contributed by atoms with Gasteiger partial charge >= 0.3 is 6.18 Å². The van der Waals surface area contributed by atoms with Crippen molar-refractivity contribution in [2.24, 2.45) is 5.73 Å². The largest absolute Gasteiger partial charge is 0.508 e. The molecule has 0 heterocycles. The summed E-state index contributed by atoms with van der Waals surface area (Å²) in [6.45, 7) is 0. The predicted molar refractivity (Wildman–Crippen MR) is 56.7 cm³/mol. The number of rotatable bonds is 3. The minimum atomic E-state index is -4.59. The summed E-state index contributed by atoms with van der Waals surface area (Å²) in [4.78, 5) is 0. The SMILES string of the molecule is N[C@@H](C[C@@H](O)c1cc(Cl)ccc1O)C(F)(F)F. The van der Waals surface area contributed by atoms with Crippen LogP contribution in [-0.4, -0.2) is 22.4 Å². The summed E-state index contributed by atoms with van der Waals surface area (Å²) in [5.74, 6) is -0.323. The van der Waals surface area contributed by atoms with E-state index in [9.17, 15) is 23.4 Å². The first kappa shape index (κ1) is 14.1. The lowest BCUT2D eigenvalue weighted by Crippen LogP contribution is -2.38. The van der Waals surface area contributed by atoms with E-state index < -0.39 is 24.7 Å². The summed E-state index contributed by atoms with van der Waals surface area (Å²) in [5, 5.41) is 19.1. The van der Waals surface area contributed by atoms with Crippen LogP contribution >= 0.6 is 11.6 Å². The van der Waals surface area contributed by atoms with Crippen molar-refractivity contribution in [1.82, 2.24) is 0 Å². The number of aliphatic hydroxyl groups is 1. The number of phenolic OH excluding ortho intramolecular Hbond substituents is 1. The van der Waals surface area contributed by atoms with Gasteiger partial charge in [0.05, 0.1) is 6.10 Å². The van der Waals surface area contributed by atoms with Crippen molar-refractivity contribution in [3.63, 3.8) is 0 Å². The van der Waals surface area contributed by atoms with Crippen LogP contribution in [0.25, 0.3) is 0 Å². The van der Waals surface area contributed by atoms with Crippen LogP contribution in [0, 0.1) is 0 Å². The summed E-state index contributed by atoms with van der Waals surface area (Å²) in [5.41, 5.74) is 4.81. The Morgan fingerprint density at radius 2 is 1.94 bits per heavy atom. The van der Waals surface area contributed by atoms with E-state index in [4.69, 9.17) is 17.3 Å². The van der Waals surface area contributed by atoms with E-state index in [1.165, 1.54) is 18.2 Å². The molecule has 17 heavy (non-hydrogen) atoms. The summed E-state index contributed by atoms with van der Waals surface area (Å²) in [7, 11) is 0. The fourth-order valence-electron chi connectivity index (χ4n) is 1.29. The van der Waals surface area contributed by atoms with E-state index >= 15 is 0 Å². The summed E-state index contributed by atoms with van der Waals surface area (Å²) in [6, 6.07) is 1.59. The van der Waals surface area contributed by atoms with Crippen molar-refractivity contribution >= 4 is 11.6 Å². The fraction of sp³-hybridized carbons (Fsp3) is 0.400. The van der Waals surface area contributed by atoms with E-state index in [0.717, 1.165) is 0 Å². The second-order valence-corrected chi connectivity index (χ2v) is 4.04. The molecule has 0 spiro atoms. The van der Waals surface area contributed by atoms with Crippen LogP contribution in [0.1, 0.15) is 18.1 Å². The Bertz CT molecular complexity index is 398. The quantitative estimate of drug-likeness (QED) is 0.789. The van der Waals surface area contributed by atoms with E-state index in [1.807, 2.05) is 0 Å². The lowest BCUT2D eigenvalue weighted by atomic mass is 10.0. The maximum atomic E-state index is 12.2. The van der Waals surface area contributed by atoms with Crippen molar-refractivity contribution in [2.45, 2.75) is 24.7 Å². The van der Waals surface area contributed by atoms with Gasteiger partial charge in [0.15, 0.2) is 0 Å². The highest BCUT2D eigenvalue weighted by atomic mass is 35.5. The number of aromatic hydroxyl groups is 1. The minimum Gasteiger partial charge on any atom is -0.508 e. The van der Waals surface area contributed by atoms with Crippen LogP contribution in [-0.2, 0) is 0 Å². The molecule has 2 atom stereocenters. The molecule has 0 aliphatic carbocycles. The fourth-order valence-corrected chi connectivity index (χ4v) is 1.47. The molecule has 0 aliphatic rings. The van der Waals surface area contributed by atoms with Gasteiger partial charge in [-0.25, -0.2) is 0 Å². The third-order valence-electron chi connectivity index (χ3n) is 2.25. The molecule has 0 unspecified atom stereocenters. The van der Waals surface area contributed by atoms with E-state index in [2.05, 4.69) is 0 Å². The van der Waals surface area contributed by atoms with Gasteiger partial charge in [-0.2, -0.15) is 13.2 Å². The van der Waals surface area contributed by atoms with Crippen molar-refractivity contribution in [3.05, 3.63) is 28.8 Å². The highest BCUT2D eigenvalue weighted by Gasteiger charge is 2.38. The molecule has 3 nitrogen and oxygen atoms in total. The number of alkyl halides is 3. The number of nitrogens with two attached hydrogens (primary N) is 1. The molecule has 0 aliphatic heterocycles. The molecular weight excluding hydrogens is 259 g/mol. The van der Waals surface area contributed by atoms with Gasteiger partial charge in [-0.3, -0.25) is 0 Å². The zero-order valence-corrected chi connectivity index (χ0v) is 9.33. The Kier molecular flexibility index (Phi) is 4.24. The minimum absolute atomic E-state index is 0.0720. The summed E-state index contributed by atoms with van der Waals surface area (Å²) in [6.07, 6.45) is -6.85. The summed E-state index contributed by atoms with van der Waals surface area (Å²) >= 11 is 5.61. The summed E-state index contributed by atoms with van der Waals surface area (Å²) < 4.78 is 36.5. The average Bonchev–Trinajstić information content (AvgIpc) is 2.20. The van der Waals surface area contributed by atoms with E-state index in [-0.39, 0.29) is 16.3 Å². The molecule has 0 aromatic heterocycles. The van der Waals surface area contributed by atoms with E-state index in [1.54, 1.807) is 0 Å². The highest BCUT2D eigenvalue weighted by molar-refractivity contribution is 6.30. The molecule has 0 saturated heterocycles. The molecule has 0 fully saturated rings. The maximum absolute atomic E-state index is 12.2. The average molecular weight is 270 g/mol. The maximum Gasteiger partial charge on any atom is 0.403 e. The van der Waals surface area contributed by atoms with Crippen LogP contribution in [0.2, 0.25) is 5.02 Å². The number of benzene rings is 1. The Labute approximate surface area is 101 Å². The van der Waals surface area contributed by atoms with Crippen LogP contribution in [0.3, 0.4) is 0 Å². The van der Waals surface area contributed by atoms with Crippen LogP contribution in [0.15, 0.2) is 18.2 Å². The molecular formula is C10H11ClF3NO2. The van der Waals surface area contributed by atoms with Gasteiger partial charge in [0, 0.05) is 17.0 Å². The lowest BCUT2D eigenvalue weighted by Gasteiger charge is -2.19. The zero-order chi connectivity index (χ0) is 13.2. The Hall–Kier alpha value is -0.980. The Morgan fingerprint density at radius 3 is 2.47 bits per heavy atom. The third kappa shape index (κ3) is 3.76. The molecule has 0 radical (unpaired) electrons. The Balaban J connectivity index is 2.83. The second kappa shape index (κ2) is 5.12. The van der Waals surface area contributed by atoms with E-state index in [0.29, 0.717) is 0 Å². The number of phenols is 1. The van der Waals surface area contributed by atoms with Crippen molar-refractivity contribution in [2.75, 3.05) is 0 Å². The number of aliphatic hydroxyl groups excluding tert-OH is 1. The van der Waals surface area contributed by atoms with Gasteiger partial charge in [0.2, 0.25) is 0 Å². The highest BCUT2D eigenvalue weighted by Crippen LogP contribution is 2.32. The number of hydrogen-bond donors (Lipinski definition) is 3. The monoisotopic (exact) mass is 269 g/mol. The Morgan fingerprint density at radius 1 is 1.35 bits per heavy atom. The zero-order valence-electron chi connectivity index (χ0n) is 8.58. The standard InChI is InChI=1S/C10H11ClF3NO2/c11-5-1-2-7(16)6(3-5)8(17)4-9(15)10(12,13)14/h1-3,8-9,16-17H,4,15H2/t8-,9+/m1/s1. The van der Waals surface area contributed by atoms with Gasteiger partial charge in [-0.1, -0.05) is 11.6 Å². The molecule has 7 heteroatoms. The predicted octanol–water partition coefficient (Wildman–Crippen LogP) is 2.36. The molecule has 1 rings (SSSR count). The normalized spacial score (nSPS) is 15.6. The first-order valence-electron chi connectivity index (χ1n) is 4.70. The molecule has 0 bridgehead atoms. The molecule has 1 aromatic carbocycles. The van der Waals surface area contributed by atoms with Gasteiger partial charge in [-0.05, 0) is 18.2 Å². The van der Waals surface area contributed by atoms with Crippen LogP contribution in [0.5, 0.6) is 5.75 Å². The number of halogens is 4. The molecule has 0 amide bonds. The first-order valence-corrected chi connectivity index (χ1v) is 5.08. The van der Waals surface area contributed by atoms with Crippen LogP contribution in [0.4, 0.5) is 13.2 Å². The van der Waals surface area contributed by atoms with Gasteiger partial charge in [0.1, 0.15) is 11.8 Å². The second-order valence-electron chi connectivity index (χ2n) is 3.60. The molecule has 4 N–H and O–H groups in total. The van der Waals surface area contributed by atoms with Crippen molar-refractivity contribution in [1.29, 1.82) is 0 Å². The lowest BCUT2D eigenvalue weighted by molar-refractivity contribution is -0.153. The topological polar surface area (TPSA) is 66.5 Å². The third-order valence-corrected chi connectivity index (χ3v) is 2.48. The van der Waals surface area contributed by atoms with Gasteiger partial charge in [0.25, 0.3) is 0 Å². The molecule has 96 valence electrons. The smallest absolute Gasteiger partial charge is 0.403 e. The molecule has 0 saturated carbocycles. The van der Waals surface area contributed by atoms with Crippen molar-refractivity contribution in [3.8, 4) is 5.75 Å². The van der Waals surface area contributed by atoms with Gasteiger partial charge < -0.3 is 15.9 Å². The van der Waals surface area contributed by atoms with Gasteiger partial charge in [-0.15, -0.1) is 0 Å². The van der Waals surface area contributed by atoms with Crippen LogP contribution < -0.4 is 5.73 Å².